The first-order chi connectivity index (χ1) is 6.24. The van der Waals surface area contributed by atoms with Crippen LogP contribution in [-0.4, -0.2) is 15.0 Å². The molecule has 2 rings (SSSR count). The minimum absolute atomic E-state index is 0.462. The fourth-order valence-corrected chi connectivity index (χ4v) is 1.81. The number of aromatic nitrogens is 3. The highest BCUT2D eigenvalue weighted by Gasteiger charge is 2.29. The highest BCUT2D eigenvalue weighted by molar-refractivity contribution is 6.16. The number of hydrogen-bond acceptors (Lipinski definition) is 2. The molecule has 0 N–H and O–H groups in total. The Hall–Kier alpha value is -0.570. The van der Waals surface area contributed by atoms with Gasteiger partial charge in [-0.2, -0.15) is 0 Å². The van der Waals surface area contributed by atoms with Crippen LogP contribution in [0.1, 0.15) is 50.0 Å². The normalized spacial score (nSPS) is 16.9. The summed E-state index contributed by atoms with van der Waals surface area (Å²) in [5.74, 6) is 0.935. The van der Waals surface area contributed by atoms with Crippen molar-refractivity contribution in [2.45, 2.75) is 44.5 Å². The lowest BCUT2D eigenvalue weighted by Crippen LogP contribution is -2.05. The molecule has 0 atom stereocenters. The highest BCUT2D eigenvalue weighted by Crippen LogP contribution is 2.37. The summed E-state index contributed by atoms with van der Waals surface area (Å²) in [5.41, 5.74) is 2.17. The first-order valence-corrected chi connectivity index (χ1v) is 5.27. The predicted octanol–water partition coefficient (Wildman–Crippen LogP) is 2.48. The Kier molecular flexibility index (Phi) is 2.28. The second kappa shape index (κ2) is 3.29. The van der Waals surface area contributed by atoms with Crippen LogP contribution < -0.4 is 0 Å². The van der Waals surface area contributed by atoms with Crippen molar-refractivity contribution in [3.63, 3.8) is 0 Å². The summed E-state index contributed by atoms with van der Waals surface area (Å²) in [4.78, 5) is 0. The largest absolute Gasteiger partial charge is 0.246 e. The van der Waals surface area contributed by atoms with Crippen LogP contribution in [0.3, 0.4) is 0 Å². The van der Waals surface area contributed by atoms with Crippen LogP contribution in [0.4, 0.5) is 0 Å². The summed E-state index contributed by atoms with van der Waals surface area (Å²) in [6.45, 7) is 4.32. The van der Waals surface area contributed by atoms with E-state index >= 15 is 0 Å². The third kappa shape index (κ3) is 1.57. The molecule has 1 saturated carbocycles. The van der Waals surface area contributed by atoms with E-state index in [1.54, 1.807) is 0 Å². The van der Waals surface area contributed by atoms with E-state index in [1.165, 1.54) is 18.5 Å². The van der Waals surface area contributed by atoms with E-state index in [4.69, 9.17) is 11.6 Å². The molecule has 72 valence electrons. The molecule has 3 nitrogen and oxygen atoms in total. The molecule has 1 aromatic heterocycles. The molecular formula is C9H14ClN3. The molecule has 0 aromatic carbocycles. The molecule has 1 aliphatic carbocycles. The van der Waals surface area contributed by atoms with Gasteiger partial charge < -0.3 is 0 Å². The van der Waals surface area contributed by atoms with E-state index in [1.807, 2.05) is 0 Å². The Morgan fingerprint density at radius 1 is 1.54 bits per heavy atom. The minimum Gasteiger partial charge on any atom is -0.246 e. The second-order valence-electron chi connectivity index (χ2n) is 3.89. The number of halogens is 1. The Balaban J connectivity index is 2.38. The third-order valence-corrected chi connectivity index (χ3v) is 2.62. The predicted molar refractivity (Wildman–Crippen MR) is 51.9 cm³/mol. The summed E-state index contributed by atoms with van der Waals surface area (Å²) in [7, 11) is 0. The van der Waals surface area contributed by atoms with Gasteiger partial charge in [0.15, 0.2) is 0 Å². The molecule has 13 heavy (non-hydrogen) atoms. The van der Waals surface area contributed by atoms with Crippen molar-refractivity contribution in [2.24, 2.45) is 0 Å². The minimum atomic E-state index is 0.462. The molecular weight excluding hydrogens is 186 g/mol. The van der Waals surface area contributed by atoms with Gasteiger partial charge in [0.25, 0.3) is 0 Å². The van der Waals surface area contributed by atoms with Gasteiger partial charge in [0.1, 0.15) is 5.69 Å². The molecule has 1 fully saturated rings. The fourth-order valence-electron chi connectivity index (χ4n) is 1.62. The van der Waals surface area contributed by atoms with E-state index in [9.17, 15) is 0 Å². The molecule has 1 aromatic rings. The van der Waals surface area contributed by atoms with Crippen LogP contribution in [0.15, 0.2) is 0 Å². The van der Waals surface area contributed by atoms with Crippen LogP contribution in [0, 0.1) is 0 Å². The van der Waals surface area contributed by atoms with E-state index in [0.29, 0.717) is 17.8 Å². The van der Waals surface area contributed by atoms with Crippen molar-refractivity contribution in [1.82, 2.24) is 15.0 Å². The van der Waals surface area contributed by atoms with Crippen LogP contribution >= 0.6 is 11.6 Å². The zero-order valence-corrected chi connectivity index (χ0v) is 8.75. The van der Waals surface area contributed by atoms with E-state index in [0.717, 1.165) is 5.69 Å². The van der Waals surface area contributed by atoms with Gasteiger partial charge in [0, 0.05) is 0 Å². The van der Waals surface area contributed by atoms with Gasteiger partial charge in [-0.05, 0) is 18.8 Å². The first kappa shape index (κ1) is 9.00. The molecule has 0 unspecified atom stereocenters. The lowest BCUT2D eigenvalue weighted by molar-refractivity contribution is 0.565. The quantitative estimate of drug-likeness (QED) is 0.701. The van der Waals surface area contributed by atoms with Gasteiger partial charge in [-0.15, -0.1) is 16.7 Å². The summed E-state index contributed by atoms with van der Waals surface area (Å²) in [6.07, 6.45) is 2.48. The average Bonchev–Trinajstić information content (AvgIpc) is 2.84. The molecule has 0 radical (unpaired) electrons. The maximum absolute atomic E-state index is 5.80. The monoisotopic (exact) mass is 199 g/mol. The van der Waals surface area contributed by atoms with E-state index in [-0.39, 0.29) is 0 Å². The lowest BCUT2D eigenvalue weighted by Gasteiger charge is -2.08. The van der Waals surface area contributed by atoms with Crippen LogP contribution in [0.2, 0.25) is 0 Å². The molecule has 0 bridgehead atoms. The maximum atomic E-state index is 5.80. The number of nitrogens with zero attached hydrogens (tertiary/aromatic N) is 3. The van der Waals surface area contributed by atoms with Crippen molar-refractivity contribution in [2.75, 3.05) is 0 Å². The van der Waals surface area contributed by atoms with Gasteiger partial charge in [0.2, 0.25) is 0 Å². The van der Waals surface area contributed by atoms with Crippen molar-refractivity contribution in [3.05, 3.63) is 11.4 Å². The summed E-state index contributed by atoms with van der Waals surface area (Å²) >= 11 is 5.80. The standard InChI is InChI=1S/C9H14ClN3/c1-6(2)9-8(5-10)11-12-13(9)7-3-4-7/h6-7H,3-5H2,1-2H3. The van der Waals surface area contributed by atoms with E-state index < -0.39 is 0 Å². The number of alkyl halides is 1. The van der Waals surface area contributed by atoms with Crippen molar-refractivity contribution in [3.8, 4) is 0 Å². The molecule has 0 spiro atoms. The average molecular weight is 200 g/mol. The lowest BCUT2D eigenvalue weighted by atomic mass is 10.1. The molecule has 0 amide bonds. The Bertz CT molecular complexity index is 302. The Morgan fingerprint density at radius 2 is 2.23 bits per heavy atom. The van der Waals surface area contributed by atoms with Crippen LogP contribution in [0.5, 0.6) is 0 Å². The highest BCUT2D eigenvalue weighted by atomic mass is 35.5. The molecule has 0 aliphatic heterocycles. The summed E-state index contributed by atoms with van der Waals surface area (Å²) in [5, 5.41) is 8.25. The zero-order valence-electron chi connectivity index (χ0n) is 8.00. The van der Waals surface area contributed by atoms with Gasteiger partial charge in [-0.25, -0.2) is 4.68 Å². The van der Waals surface area contributed by atoms with E-state index in [2.05, 4.69) is 28.8 Å². The smallest absolute Gasteiger partial charge is 0.101 e. The first-order valence-electron chi connectivity index (χ1n) is 4.74. The summed E-state index contributed by atoms with van der Waals surface area (Å²) < 4.78 is 2.06. The second-order valence-corrected chi connectivity index (χ2v) is 4.15. The molecule has 1 aliphatic rings. The van der Waals surface area contributed by atoms with Gasteiger partial charge in [0.05, 0.1) is 17.6 Å². The van der Waals surface area contributed by atoms with Crippen LogP contribution in [-0.2, 0) is 5.88 Å². The topological polar surface area (TPSA) is 30.7 Å². The molecule has 4 heteroatoms. The SMILES string of the molecule is CC(C)c1c(CCl)nnn1C1CC1. The van der Waals surface area contributed by atoms with Gasteiger partial charge in [-0.1, -0.05) is 19.1 Å². The molecule has 0 saturated heterocycles. The van der Waals surface area contributed by atoms with Gasteiger partial charge >= 0.3 is 0 Å². The van der Waals surface area contributed by atoms with Crippen molar-refractivity contribution >= 4 is 11.6 Å². The maximum Gasteiger partial charge on any atom is 0.101 e. The third-order valence-electron chi connectivity index (χ3n) is 2.37. The van der Waals surface area contributed by atoms with Crippen molar-refractivity contribution < 1.29 is 0 Å². The zero-order chi connectivity index (χ0) is 9.42. The van der Waals surface area contributed by atoms with Crippen molar-refractivity contribution in [1.29, 1.82) is 0 Å². The Morgan fingerprint density at radius 3 is 2.69 bits per heavy atom. The number of rotatable bonds is 3. The number of hydrogen-bond donors (Lipinski definition) is 0. The summed E-state index contributed by atoms with van der Waals surface area (Å²) in [6, 6.07) is 0.599. The molecule has 1 heterocycles. The van der Waals surface area contributed by atoms with Gasteiger partial charge in [-0.3, -0.25) is 0 Å². The van der Waals surface area contributed by atoms with Crippen LogP contribution in [0.25, 0.3) is 0 Å². The Labute approximate surface area is 83.1 Å². The fraction of sp³-hybridized carbons (Fsp3) is 0.778.